The van der Waals surface area contributed by atoms with Gasteiger partial charge in [-0.15, -0.1) is 0 Å². The van der Waals surface area contributed by atoms with E-state index in [4.69, 9.17) is 4.74 Å². The van der Waals surface area contributed by atoms with Gasteiger partial charge in [-0.05, 0) is 44.0 Å². The molecule has 2 heterocycles. The van der Waals surface area contributed by atoms with Gasteiger partial charge >= 0.3 is 5.97 Å². The van der Waals surface area contributed by atoms with Crippen LogP contribution in [0.4, 0.5) is 5.82 Å². The topological polar surface area (TPSA) is 73.2 Å². The van der Waals surface area contributed by atoms with Crippen molar-refractivity contribution < 1.29 is 14.3 Å². The largest absolute Gasteiger partial charge is 0.462 e. The molecule has 0 saturated heterocycles. The molecule has 0 fully saturated rings. The average Bonchev–Trinajstić information content (AvgIpc) is 2.93. The number of anilines is 1. The molecule has 0 atom stereocenters. The van der Waals surface area contributed by atoms with Crippen molar-refractivity contribution in [1.29, 1.82) is 0 Å². The monoisotopic (exact) mass is 377 g/mol. The summed E-state index contributed by atoms with van der Waals surface area (Å²) in [6, 6.07) is 15.0. The summed E-state index contributed by atoms with van der Waals surface area (Å²) in [5, 5.41) is 2.79. The molecule has 0 spiro atoms. The molecule has 0 saturated carbocycles. The molecule has 3 rings (SSSR count). The molecule has 0 radical (unpaired) electrons. The maximum Gasteiger partial charge on any atom is 0.340 e. The normalized spacial score (nSPS) is 10.5. The maximum atomic E-state index is 12.6. The van der Waals surface area contributed by atoms with Crippen LogP contribution in [0.1, 0.15) is 28.5 Å². The van der Waals surface area contributed by atoms with E-state index >= 15 is 0 Å². The second-order valence-corrected chi connectivity index (χ2v) is 6.37. The molecular weight excluding hydrogens is 354 g/mol. The van der Waals surface area contributed by atoms with Gasteiger partial charge < -0.3 is 14.6 Å². The van der Waals surface area contributed by atoms with Crippen LogP contribution in [0.2, 0.25) is 0 Å². The maximum absolute atomic E-state index is 12.6. The average molecular weight is 377 g/mol. The summed E-state index contributed by atoms with van der Waals surface area (Å²) in [7, 11) is 0. The van der Waals surface area contributed by atoms with Gasteiger partial charge in [-0.2, -0.15) is 0 Å². The highest BCUT2D eigenvalue weighted by Gasteiger charge is 2.25. The summed E-state index contributed by atoms with van der Waals surface area (Å²) in [5.41, 5.74) is 3.77. The van der Waals surface area contributed by atoms with Gasteiger partial charge in [-0.3, -0.25) is 4.79 Å². The Labute approximate surface area is 164 Å². The molecule has 1 aromatic carbocycles. The van der Waals surface area contributed by atoms with Crippen LogP contribution in [0.25, 0.3) is 11.3 Å². The van der Waals surface area contributed by atoms with Gasteiger partial charge in [0.1, 0.15) is 12.4 Å². The minimum absolute atomic E-state index is 0.0624. The molecule has 1 N–H and O–H groups in total. The fourth-order valence-electron chi connectivity index (χ4n) is 3.33. The van der Waals surface area contributed by atoms with Crippen molar-refractivity contribution in [2.24, 2.45) is 0 Å². The Kier molecular flexibility index (Phi) is 5.89. The van der Waals surface area contributed by atoms with Crippen LogP contribution >= 0.6 is 0 Å². The second-order valence-electron chi connectivity index (χ2n) is 6.37. The van der Waals surface area contributed by atoms with Crippen molar-refractivity contribution in [3.8, 4) is 11.3 Å². The molecule has 144 valence electrons. The fraction of sp³-hybridized carbons (Fsp3) is 0.227. The smallest absolute Gasteiger partial charge is 0.340 e. The zero-order valence-corrected chi connectivity index (χ0v) is 16.2. The predicted octanol–water partition coefficient (Wildman–Crippen LogP) is 3.98. The number of pyridine rings is 1. The number of nitrogens with zero attached hydrogens (tertiary/aromatic N) is 2. The number of esters is 1. The number of carbonyl (C=O) groups is 2. The number of carbonyl (C=O) groups excluding carboxylic acids is 2. The van der Waals surface area contributed by atoms with E-state index < -0.39 is 0 Å². The van der Waals surface area contributed by atoms with Crippen molar-refractivity contribution in [2.45, 2.75) is 27.3 Å². The first-order valence-electron chi connectivity index (χ1n) is 9.16. The van der Waals surface area contributed by atoms with Crippen LogP contribution in [-0.2, 0) is 16.1 Å². The molecule has 0 aliphatic heterocycles. The third-order valence-electron chi connectivity index (χ3n) is 4.53. The molecule has 6 heteroatoms. The van der Waals surface area contributed by atoms with Gasteiger partial charge in [-0.1, -0.05) is 36.4 Å². The number of amides is 1. The highest BCUT2D eigenvalue weighted by atomic mass is 16.5. The van der Waals surface area contributed by atoms with Gasteiger partial charge in [0.25, 0.3) is 0 Å². The zero-order valence-electron chi connectivity index (χ0n) is 16.2. The standard InChI is InChI=1S/C22H23N3O3/c1-4-28-22(27)20-15(2)21(17-10-6-5-7-11-17)25(16(20)3)14-19(26)24-18-12-8-9-13-23-18/h5-13H,4,14H2,1-3H3,(H,23,24,26). The molecule has 0 unspecified atom stereocenters. The Hall–Kier alpha value is -3.41. The lowest BCUT2D eigenvalue weighted by molar-refractivity contribution is -0.116. The lowest BCUT2D eigenvalue weighted by Gasteiger charge is -2.13. The van der Waals surface area contributed by atoms with Crippen molar-refractivity contribution in [1.82, 2.24) is 9.55 Å². The molecule has 6 nitrogen and oxygen atoms in total. The van der Waals surface area contributed by atoms with Crippen molar-refractivity contribution >= 4 is 17.7 Å². The summed E-state index contributed by atoms with van der Waals surface area (Å²) in [6.45, 7) is 5.85. The molecule has 1 amide bonds. The molecular formula is C22H23N3O3. The number of aromatic nitrogens is 2. The van der Waals surface area contributed by atoms with Crippen molar-refractivity contribution in [3.63, 3.8) is 0 Å². The van der Waals surface area contributed by atoms with Crippen molar-refractivity contribution in [2.75, 3.05) is 11.9 Å². The quantitative estimate of drug-likeness (QED) is 0.660. The third kappa shape index (κ3) is 3.96. The molecule has 0 aliphatic carbocycles. The fourth-order valence-corrected chi connectivity index (χ4v) is 3.33. The van der Waals surface area contributed by atoms with E-state index in [1.807, 2.05) is 54.8 Å². The summed E-state index contributed by atoms with van der Waals surface area (Å²) in [6.07, 6.45) is 1.62. The number of benzene rings is 1. The summed E-state index contributed by atoms with van der Waals surface area (Å²) in [5.74, 6) is -0.108. The number of hydrogen-bond donors (Lipinski definition) is 1. The van der Waals surface area contributed by atoms with E-state index in [1.165, 1.54) is 0 Å². The molecule has 0 bridgehead atoms. The first kappa shape index (κ1) is 19.4. The highest BCUT2D eigenvalue weighted by Crippen LogP contribution is 2.31. The number of hydrogen-bond acceptors (Lipinski definition) is 4. The van der Waals surface area contributed by atoms with Gasteiger partial charge in [0.05, 0.1) is 17.9 Å². The van der Waals surface area contributed by atoms with E-state index in [1.54, 1.807) is 25.3 Å². The summed E-state index contributed by atoms with van der Waals surface area (Å²) >= 11 is 0. The first-order valence-corrected chi connectivity index (χ1v) is 9.16. The van der Waals surface area contributed by atoms with Crippen LogP contribution < -0.4 is 5.32 Å². The summed E-state index contributed by atoms with van der Waals surface area (Å²) in [4.78, 5) is 29.3. The molecule has 0 aliphatic rings. The number of rotatable bonds is 6. The van der Waals surface area contributed by atoms with Gasteiger partial charge in [0, 0.05) is 11.9 Å². The molecule has 28 heavy (non-hydrogen) atoms. The van der Waals surface area contributed by atoms with Gasteiger partial charge in [-0.25, -0.2) is 9.78 Å². The zero-order chi connectivity index (χ0) is 20.1. The summed E-state index contributed by atoms with van der Waals surface area (Å²) < 4.78 is 7.09. The highest BCUT2D eigenvalue weighted by molar-refractivity contribution is 5.96. The van der Waals surface area contributed by atoms with E-state index in [2.05, 4.69) is 10.3 Å². The minimum atomic E-state index is -0.376. The lowest BCUT2D eigenvalue weighted by Crippen LogP contribution is -2.21. The Bertz CT molecular complexity index is 979. The van der Waals surface area contributed by atoms with E-state index in [-0.39, 0.29) is 18.4 Å². The lowest BCUT2D eigenvalue weighted by atomic mass is 10.1. The Morgan fingerprint density at radius 1 is 1.07 bits per heavy atom. The Balaban J connectivity index is 2.02. The molecule has 2 aromatic heterocycles. The first-order chi connectivity index (χ1) is 13.5. The Morgan fingerprint density at radius 3 is 2.43 bits per heavy atom. The molecule has 3 aromatic rings. The van der Waals surface area contributed by atoms with Crippen LogP contribution in [0.5, 0.6) is 0 Å². The third-order valence-corrected chi connectivity index (χ3v) is 4.53. The Morgan fingerprint density at radius 2 is 1.79 bits per heavy atom. The predicted molar refractivity (Wildman–Crippen MR) is 108 cm³/mol. The van der Waals surface area contributed by atoms with Crippen LogP contribution in [0.3, 0.4) is 0 Å². The van der Waals surface area contributed by atoms with Crippen LogP contribution in [0, 0.1) is 13.8 Å². The van der Waals surface area contributed by atoms with E-state index in [0.717, 1.165) is 16.8 Å². The van der Waals surface area contributed by atoms with E-state index in [0.29, 0.717) is 23.7 Å². The van der Waals surface area contributed by atoms with Crippen LogP contribution in [0.15, 0.2) is 54.7 Å². The van der Waals surface area contributed by atoms with Gasteiger partial charge in [0.15, 0.2) is 0 Å². The minimum Gasteiger partial charge on any atom is -0.462 e. The van der Waals surface area contributed by atoms with Crippen molar-refractivity contribution in [3.05, 3.63) is 71.5 Å². The van der Waals surface area contributed by atoms with Crippen LogP contribution in [-0.4, -0.2) is 28.0 Å². The van der Waals surface area contributed by atoms with E-state index in [9.17, 15) is 9.59 Å². The number of ether oxygens (including phenoxy) is 1. The van der Waals surface area contributed by atoms with Gasteiger partial charge in [0.2, 0.25) is 5.91 Å². The number of nitrogens with one attached hydrogen (secondary N) is 1. The SMILES string of the molecule is CCOC(=O)c1c(C)c(-c2ccccc2)n(CC(=O)Nc2ccccn2)c1C. The second kappa shape index (κ2) is 8.52.